The third-order valence-corrected chi connectivity index (χ3v) is 3.55. The molecule has 0 spiro atoms. The summed E-state index contributed by atoms with van der Waals surface area (Å²) in [5.74, 6) is -0.161. The Kier molecular flexibility index (Phi) is 4.86. The van der Waals surface area contributed by atoms with E-state index >= 15 is 0 Å². The van der Waals surface area contributed by atoms with Crippen molar-refractivity contribution in [2.75, 3.05) is 17.2 Å². The fourth-order valence-electron chi connectivity index (χ4n) is 2.24. The van der Waals surface area contributed by atoms with Crippen molar-refractivity contribution < 1.29 is 4.79 Å². The Labute approximate surface area is 130 Å². The number of carbonyl (C=O) groups is 1. The van der Waals surface area contributed by atoms with E-state index in [0.29, 0.717) is 10.6 Å². The number of carbonyl (C=O) groups excluding carboxylic acids is 1. The predicted octanol–water partition coefficient (Wildman–Crippen LogP) is 4.64. The van der Waals surface area contributed by atoms with E-state index in [0.717, 1.165) is 29.0 Å². The minimum atomic E-state index is -0.161. The second-order valence-electron chi connectivity index (χ2n) is 4.94. The minimum absolute atomic E-state index is 0.161. The van der Waals surface area contributed by atoms with Gasteiger partial charge in [-0.2, -0.15) is 0 Å². The van der Waals surface area contributed by atoms with Gasteiger partial charge < -0.3 is 10.6 Å². The minimum Gasteiger partial charge on any atom is -0.385 e. The molecule has 0 heterocycles. The van der Waals surface area contributed by atoms with E-state index in [1.165, 1.54) is 0 Å². The maximum Gasteiger partial charge on any atom is 0.257 e. The average molecular weight is 303 g/mol. The first-order valence-electron chi connectivity index (χ1n) is 6.94. The summed E-state index contributed by atoms with van der Waals surface area (Å²) in [7, 11) is 0. The number of rotatable bonds is 4. The number of aryl methyl sites for hydroxylation is 2. The molecule has 2 N–H and O–H groups in total. The van der Waals surface area contributed by atoms with Crippen LogP contribution in [0.1, 0.15) is 28.4 Å². The van der Waals surface area contributed by atoms with Crippen LogP contribution in [0.2, 0.25) is 5.02 Å². The molecular weight excluding hydrogens is 284 g/mol. The molecule has 21 heavy (non-hydrogen) atoms. The molecule has 0 saturated carbocycles. The summed E-state index contributed by atoms with van der Waals surface area (Å²) in [6.45, 7) is 6.69. The van der Waals surface area contributed by atoms with Crippen molar-refractivity contribution in [3.05, 3.63) is 58.1 Å². The van der Waals surface area contributed by atoms with E-state index in [9.17, 15) is 4.79 Å². The molecule has 0 fully saturated rings. The van der Waals surface area contributed by atoms with E-state index in [-0.39, 0.29) is 5.91 Å². The molecule has 0 unspecified atom stereocenters. The number of anilines is 2. The molecule has 2 aromatic carbocycles. The van der Waals surface area contributed by atoms with E-state index in [1.54, 1.807) is 12.1 Å². The van der Waals surface area contributed by atoms with E-state index in [2.05, 4.69) is 10.6 Å². The van der Waals surface area contributed by atoms with E-state index < -0.39 is 0 Å². The highest BCUT2D eigenvalue weighted by molar-refractivity contribution is 6.31. The topological polar surface area (TPSA) is 41.1 Å². The summed E-state index contributed by atoms with van der Waals surface area (Å²) < 4.78 is 0. The monoisotopic (exact) mass is 302 g/mol. The summed E-state index contributed by atoms with van der Waals surface area (Å²) in [5.41, 5.74) is 4.26. The number of hydrogen-bond donors (Lipinski definition) is 2. The molecule has 1 amide bonds. The van der Waals surface area contributed by atoms with Crippen molar-refractivity contribution in [1.82, 2.24) is 0 Å². The standard InChI is InChI=1S/C17H19ClN2O/c1-4-19-15-9-8-13(18)10-14(15)17(21)20-16-11(2)6-5-7-12(16)3/h5-10,19H,4H2,1-3H3,(H,20,21). The molecule has 0 radical (unpaired) electrons. The van der Waals surface area contributed by atoms with E-state index in [1.807, 2.05) is 45.0 Å². The Balaban J connectivity index is 2.34. The van der Waals surface area contributed by atoms with Gasteiger partial charge in [0.05, 0.1) is 5.56 Å². The van der Waals surface area contributed by atoms with Crippen LogP contribution < -0.4 is 10.6 Å². The van der Waals surface area contributed by atoms with Gasteiger partial charge in [-0.05, 0) is 50.1 Å². The molecule has 0 aliphatic rings. The van der Waals surface area contributed by atoms with Crippen LogP contribution in [0, 0.1) is 13.8 Å². The van der Waals surface area contributed by atoms with E-state index in [4.69, 9.17) is 11.6 Å². The van der Waals surface area contributed by atoms with Crippen LogP contribution in [-0.4, -0.2) is 12.5 Å². The molecule has 0 bridgehead atoms. The fraction of sp³-hybridized carbons (Fsp3) is 0.235. The van der Waals surface area contributed by atoms with Gasteiger partial charge in [0.1, 0.15) is 0 Å². The summed E-state index contributed by atoms with van der Waals surface area (Å²) in [6, 6.07) is 11.2. The van der Waals surface area contributed by atoms with Crippen molar-refractivity contribution in [1.29, 1.82) is 0 Å². The Morgan fingerprint density at radius 3 is 2.43 bits per heavy atom. The smallest absolute Gasteiger partial charge is 0.257 e. The summed E-state index contributed by atoms with van der Waals surface area (Å²) >= 11 is 6.02. The lowest BCUT2D eigenvalue weighted by Gasteiger charge is -2.14. The van der Waals surface area contributed by atoms with Gasteiger partial charge in [-0.3, -0.25) is 4.79 Å². The average Bonchev–Trinajstić information content (AvgIpc) is 2.45. The fourth-order valence-corrected chi connectivity index (χ4v) is 2.41. The van der Waals surface area contributed by atoms with Gasteiger partial charge in [-0.1, -0.05) is 29.8 Å². The molecular formula is C17H19ClN2O. The number of halogens is 1. The van der Waals surface area contributed by atoms with Gasteiger partial charge in [-0.15, -0.1) is 0 Å². The third kappa shape index (κ3) is 3.56. The zero-order valence-corrected chi connectivity index (χ0v) is 13.2. The maximum absolute atomic E-state index is 12.6. The normalized spacial score (nSPS) is 10.3. The number of amides is 1. The third-order valence-electron chi connectivity index (χ3n) is 3.31. The van der Waals surface area contributed by atoms with Gasteiger partial charge in [0.25, 0.3) is 5.91 Å². The molecule has 2 rings (SSSR count). The van der Waals surface area contributed by atoms with Gasteiger partial charge >= 0.3 is 0 Å². The number of para-hydroxylation sites is 1. The van der Waals surface area contributed by atoms with Crippen LogP contribution in [0.3, 0.4) is 0 Å². The number of hydrogen-bond acceptors (Lipinski definition) is 2. The highest BCUT2D eigenvalue weighted by Gasteiger charge is 2.14. The second kappa shape index (κ2) is 6.64. The quantitative estimate of drug-likeness (QED) is 0.863. The van der Waals surface area contributed by atoms with Gasteiger partial charge in [0.2, 0.25) is 0 Å². The zero-order chi connectivity index (χ0) is 15.4. The first-order valence-corrected chi connectivity index (χ1v) is 7.31. The molecule has 2 aromatic rings. The Morgan fingerprint density at radius 1 is 1.14 bits per heavy atom. The molecule has 0 saturated heterocycles. The van der Waals surface area contributed by atoms with Gasteiger partial charge in [-0.25, -0.2) is 0 Å². The van der Waals surface area contributed by atoms with Crippen molar-refractivity contribution in [2.45, 2.75) is 20.8 Å². The Hall–Kier alpha value is -2.00. The van der Waals surface area contributed by atoms with Crippen molar-refractivity contribution in [3.8, 4) is 0 Å². The zero-order valence-electron chi connectivity index (χ0n) is 12.5. The molecule has 0 aromatic heterocycles. The molecule has 3 nitrogen and oxygen atoms in total. The lowest BCUT2D eigenvalue weighted by molar-refractivity contribution is 0.102. The first-order chi connectivity index (χ1) is 10.0. The van der Waals surface area contributed by atoms with Crippen LogP contribution in [0.5, 0.6) is 0 Å². The van der Waals surface area contributed by atoms with Crippen LogP contribution in [0.15, 0.2) is 36.4 Å². The van der Waals surface area contributed by atoms with Crippen LogP contribution in [-0.2, 0) is 0 Å². The number of benzene rings is 2. The SMILES string of the molecule is CCNc1ccc(Cl)cc1C(=O)Nc1c(C)cccc1C. The highest BCUT2D eigenvalue weighted by atomic mass is 35.5. The Morgan fingerprint density at radius 2 is 1.81 bits per heavy atom. The lowest BCUT2D eigenvalue weighted by atomic mass is 10.1. The second-order valence-corrected chi connectivity index (χ2v) is 5.38. The van der Waals surface area contributed by atoms with Crippen molar-refractivity contribution in [3.63, 3.8) is 0 Å². The summed E-state index contributed by atoms with van der Waals surface area (Å²) in [5, 5.41) is 6.71. The lowest BCUT2D eigenvalue weighted by Crippen LogP contribution is -2.16. The molecule has 0 atom stereocenters. The first kappa shape index (κ1) is 15.4. The van der Waals surface area contributed by atoms with Crippen LogP contribution in [0.4, 0.5) is 11.4 Å². The van der Waals surface area contributed by atoms with Crippen LogP contribution >= 0.6 is 11.6 Å². The summed E-state index contributed by atoms with van der Waals surface area (Å²) in [6.07, 6.45) is 0. The van der Waals surface area contributed by atoms with Gasteiger partial charge in [0.15, 0.2) is 0 Å². The molecule has 4 heteroatoms. The largest absolute Gasteiger partial charge is 0.385 e. The molecule has 0 aliphatic carbocycles. The summed E-state index contributed by atoms with van der Waals surface area (Å²) in [4.78, 5) is 12.6. The van der Waals surface area contributed by atoms with Crippen LogP contribution in [0.25, 0.3) is 0 Å². The highest BCUT2D eigenvalue weighted by Crippen LogP contribution is 2.24. The predicted molar refractivity (Wildman–Crippen MR) is 89.5 cm³/mol. The molecule has 110 valence electrons. The number of nitrogens with one attached hydrogen (secondary N) is 2. The van der Waals surface area contributed by atoms with Crippen molar-refractivity contribution >= 4 is 28.9 Å². The van der Waals surface area contributed by atoms with Gasteiger partial charge in [0, 0.05) is 22.9 Å². The maximum atomic E-state index is 12.6. The van der Waals surface area contributed by atoms with Crippen molar-refractivity contribution in [2.24, 2.45) is 0 Å². The molecule has 0 aliphatic heterocycles. The Bertz CT molecular complexity index is 648.